The number of benzene rings is 1. The highest BCUT2D eigenvalue weighted by atomic mass is 14.9. The SMILES string of the molecule is CCCCCCCCCCCc1c2ccccc2cc[n+]1CC. The molecule has 23 heavy (non-hydrogen) atoms. The van der Waals surface area contributed by atoms with Gasteiger partial charge in [0, 0.05) is 17.9 Å². The minimum atomic E-state index is 1.07. The second-order valence-electron chi connectivity index (χ2n) is 6.71. The van der Waals surface area contributed by atoms with Gasteiger partial charge in [-0.3, -0.25) is 0 Å². The van der Waals surface area contributed by atoms with E-state index in [4.69, 9.17) is 0 Å². The van der Waals surface area contributed by atoms with Gasteiger partial charge in [0.1, 0.15) is 6.54 Å². The van der Waals surface area contributed by atoms with E-state index in [1.165, 1.54) is 80.7 Å². The van der Waals surface area contributed by atoms with E-state index in [-0.39, 0.29) is 0 Å². The Hall–Kier alpha value is -1.37. The molecule has 0 bridgehead atoms. The predicted octanol–water partition coefficient (Wildman–Crippen LogP) is 6.22. The topological polar surface area (TPSA) is 3.88 Å². The lowest BCUT2D eigenvalue weighted by molar-refractivity contribution is -0.699. The number of aryl methyl sites for hydroxylation is 2. The van der Waals surface area contributed by atoms with Crippen LogP contribution in [-0.2, 0) is 13.0 Å². The van der Waals surface area contributed by atoms with Crippen molar-refractivity contribution >= 4 is 10.8 Å². The zero-order chi connectivity index (χ0) is 16.3. The molecule has 1 heterocycles. The van der Waals surface area contributed by atoms with E-state index in [9.17, 15) is 0 Å². The molecule has 0 N–H and O–H groups in total. The summed E-state index contributed by atoms with van der Waals surface area (Å²) >= 11 is 0. The molecule has 0 atom stereocenters. The number of rotatable bonds is 11. The van der Waals surface area contributed by atoms with Crippen molar-refractivity contribution in [2.45, 2.75) is 84.6 Å². The van der Waals surface area contributed by atoms with Crippen LogP contribution in [0, 0.1) is 0 Å². The second-order valence-corrected chi connectivity index (χ2v) is 6.71. The van der Waals surface area contributed by atoms with Crippen LogP contribution >= 0.6 is 0 Å². The van der Waals surface area contributed by atoms with Crippen LogP contribution in [0.25, 0.3) is 10.8 Å². The maximum absolute atomic E-state index is 2.42. The number of aromatic nitrogens is 1. The summed E-state index contributed by atoms with van der Waals surface area (Å²) < 4.78 is 2.42. The summed E-state index contributed by atoms with van der Waals surface area (Å²) in [5.74, 6) is 0. The fourth-order valence-corrected chi connectivity index (χ4v) is 3.50. The van der Waals surface area contributed by atoms with Gasteiger partial charge >= 0.3 is 0 Å². The van der Waals surface area contributed by atoms with Crippen molar-refractivity contribution in [3.8, 4) is 0 Å². The molecule has 1 aromatic heterocycles. The van der Waals surface area contributed by atoms with Gasteiger partial charge in [0.25, 0.3) is 0 Å². The first-order chi connectivity index (χ1) is 11.4. The molecule has 126 valence electrons. The molecule has 2 aromatic rings. The molecule has 0 fully saturated rings. The average Bonchev–Trinajstić information content (AvgIpc) is 2.60. The molecule has 0 aliphatic carbocycles. The first kappa shape index (κ1) is 18.0. The van der Waals surface area contributed by atoms with E-state index in [0.29, 0.717) is 0 Å². The van der Waals surface area contributed by atoms with Gasteiger partial charge in [0.15, 0.2) is 11.9 Å². The average molecular weight is 313 g/mol. The van der Waals surface area contributed by atoms with Gasteiger partial charge in [-0.2, -0.15) is 0 Å². The normalized spacial score (nSPS) is 11.2. The monoisotopic (exact) mass is 312 g/mol. The molecule has 0 radical (unpaired) electrons. The molecule has 1 nitrogen and oxygen atoms in total. The maximum atomic E-state index is 2.42. The Balaban J connectivity index is 1.78. The molecule has 2 rings (SSSR count). The van der Waals surface area contributed by atoms with Crippen molar-refractivity contribution in [1.29, 1.82) is 0 Å². The van der Waals surface area contributed by atoms with E-state index in [1.807, 2.05) is 0 Å². The number of hydrogen-bond donors (Lipinski definition) is 0. The van der Waals surface area contributed by atoms with Gasteiger partial charge in [-0.15, -0.1) is 0 Å². The van der Waals surface area contributed by atoms with Crippen molar-refractivity contribution in [3.63, 3.8) is 0 Å². The molecule has 0 saturated heterocycles. The number of fused-ring (bicyclic) bond motifs is 1. The third kappa shape index (κ3) is 5.64. The Morgan fingerprint density at radius 1 is 0.739 bits per heavy atom. The number of nitrogens with zero attached hydrogens (tertiary/aromatic N) is 1. The Bertz CT molecular complexity index is 573. The summed E-state index contributed by atoms with van der Waals surface area (Å²) in [6, 6.07) is 11.1. The molecule has 0 amide bonds. The molecular weight excluding hydrogens is 278 g/mol. The quantitative estimate of drug-likeness (QED) is 0.342. The molecule has 0 aliphatic heterocycles. The van der Waals surface area contributed by atoms with Crippen LogP contribution in [0.1, 0.15) is 77.3 Å². The molecule has 0 aliphatic rings. The fourth-order valence-electron chi connectivity index (χ4n) is 3.50. The number of pyridine rings is 1. The van der Waals surface area contributed by atoms with Crippen LogP contribution < -0.4 is 4.57 Å². The molecular formula is C22H34N+. The summed E-state index contributed by atoms with van der Waals surface area (Å²) in [4.78, 5) is 0. The van der Waals surface area contributed by atoms with E-state index in [1.54, 1.807) is 0 Å². The third-order valence-corrected chi connectivity index (χ3v) is 4.91. The fraction of sp³-hybridized carbons (Fsp3) is 0.591. The lowest BCUT2D eigenvalue weighted by Gasteiger charge is -2.07. The van der Waals surface area contributed by atoms with Gasteiger partial charge in [-0.1, -0.05) is 76.5 Å². The Morgan fingerprint density at radius 2 is 1.39 bits per heavy atom. The molecule has 0 unspecified atom stereocenters. The highest BCUT2D eigenvalue weighted by Crippen LogP contribution is 2.18. The molecule has 0 spiro atoms. The van der Waals surface area contributed by atoms with E-state index in [0.717, 1.165) is 6.54 Å². The van der Waals surface area contributed by atoms with Gasteiger partial charge in [0.05, 0.1) is 0 Å². The number of hydrogen-bond acceptors (Lipinski definition) is 0. The van der Waals surface area contributed by atoms with Crippen LogP contribution in [-0.4, -0.2) is 0 Å². The largest absolute Gasteiger partial charge is 0.202 e. The smallest absolute Gasteiger partial charge is 0.189 e. The first-order valence-electron chi connectivity index (χ1n) is 9.77. The van der Waals surface area contributed by atoms with Crippen molar-refractivity contribution < 1.29 is 4.57 Å². The van der Waals surface area contributed by atoms with Crippen LogP contribution in [0.15, 0.2) is 36.5 Å². The van der Waals surface area contributed by atoms with Gasteiger partial charge in [-0.25, -0.2) is 4.57 Å². The highest BCUT2D eigenvalue weighted by molar-refractivity contribution is 5.83. The molecule has 1 aromatic carbocycles. The minimum absolute atomic E-state index is 1.07. The molecule has 1 heteroatoms. The van der Waals surface area contributed by atoms with Crippen LogP contribution in [0.3, 0.4) is 0 Å². The zero-order valence-corrected chi connectivity index (χ0v) is 15.2. The minimum Gasteiger partial charge on any atom is -0.202 e. The van der Waals surface area contributed by atoms with Gasteiger partial charge in [-0.05, 0) is 24.8 Å². The van der Waals surface area contributed by atoms with Gasteiger partial charge < -0.3 is 0 Å². The van der Waals surface area contributed by atoms with Crippen molar-refractivity contribution in [1.82, 2.24) is 0 Å². The highest BCUT2D eigenvalue weighted by Gasteiger charge is 2.12. The standard InChI is InChI=1S/C22H34N/c1-3-5-6-7-8-9-10-11-12-17-22-21-16-14-13-15-20(21)18-19-23(22)4-2/h13-16,18-19H,3-12,17H2,1-2H3/q+1. The molecule has 0 saturated carbocycles. The van der Waals surface area contributed by atoms with Crippen LogP contribution in [0.2, 0.25) is 0 Å². The Labute approximate surface area is 142 Å². The van der Waals surface area contributed by atoms with Crippen molar-refractivity contribution in [2.24, 2.45) is 0 Å². The number of unbranched alkanes of at least 4 members (excludes halogenated alkanes) is 8. The van der Waals surface area contributed by atoms with Crippen molar-refractivity contribution in [3.05, 3.63) is 42.2 Å². The van der Waals surface area contributed by atoms with Crippen LogP contribution in [0.5, 0.6) is 0 Å². The Kier molecular flexibility index (Phi) is 8.14. The van der Waals surface area contributed by atoms with E-state index < -0.39 is 0 Å². The maximum Gasteiger partial charge on any atom is 0.189 e. The van der Waals surface area contributed by atoms with Crippen LogP contribution in [0.4, 0.5) is 0 Å². The third-order valence-electron chi connectivity index (χ3n) is 4.91. The van der Waals surface area contributed by atoms with E-state index in [2.05, 4.69) is 54.9 Å². The Morgan fingerprint density at radius 3 is 2.09 bits per heavy atom. The first-order valence-corrected chi connectivity index (χ1v) is 9.77. The second kappa shape index (κ2) is 10.4. The lowest BCUT2D eigenvalue weighted by Crippen LogP contribution is -2.37. The summed E-state index contributed by atoms with van der Waals surface area (Å²) in [7, 11) is 0. The van der Waals surface area contributed by atoms with Gasteiger partial charge in [0.2, 0.25) is 0 Å². The lowest BCUT2D eigenvalue weighted by atomic mass is 10.0. The summed E-state index contributed by atoms with van der Waals surface area (Å²) in [6.45, 7) is 5.60. The predicted molar refractivity (Wildman–Crippen MR) is 101 cm³/mol. The summed E-state index contributed by atoms with van der Waals surface area (Å²) in [5, 5.41) is 2.82. The summed E-state index contributed by atoms with van der Waals surface area (Å²) in [6.07, 6.45) is 16.1. The van der Waals surface area contributed by atoms with E-state index >= 15 is 0 Å². The summed E-state index contributed by atoms with van der Waals surface area (Å²) in [5.41, 5.74) is 1.52. The van der Waals surface area contributed by atoms with Crippen molar-refractivity contribution in [2.75, 3.05) is 0 Å². The zero-order valence-electron chi connectivity index (χ0n) is 15.2.